The Kier molecular flexibility index (Phi) is 22.4. The minimum absolute atomic E-state index is 0.0367. The molecule has 452 valence electrons. The lowest BCUT2D eigenvalue weighted by Crippen LogP contribution is -2.54. The molecule has 84 heavy (non-hydrogen) atoms. The molecule has 9 amide bonds. The lowest BCUT2D eigenvalue weighted by molar-refractivity contribution is -0.145. The monoisotopic (exact) mass is 1170 g/mol. The van der Waals surface area contributed by atoms with Gasteiger partial charge in [-0.2, -0.15) is 0 Å². The number of hydrogen-bond donors (Lipinski definition) is 7. The number of nitrogens with zero attached hydrogens (tertiary/aromatic N) is 6. The second-order valence-electron chi connectivity index (χ2n) is 21.5. The maximum absolute atomic E-state index is 16.3. The SMILES string of the molecule is CC(C)[C@H](NC(=O)CCCCCN1C(=O)C=CC1=O)C(=O)N[C@@H](CCCNC(N)=O)C(=O)Nc1ccc(COC(=O)N2C[C@@H](CN(C(=O)[C@H](C)O)[C@@H](c3nc(-c4cc(F)ccc4F)cn3Cc3cccc(N)n3)C3CCOCC3)[C@@H](F)C2)cc1. The number of alkyl halides is 1. The first kappa shape index (κ1) is 63.2. The zero-order valence-corrected chi connectivity index (χ0v) is 47.1. The van der Waals surface area contributed by atoms with E-state index in [0.29, 0.717) is 62.3 Å². The van der Waals surface area contributed by atoms with Crippen molar-refractivity contribution < 1.29 is 66.1 Å². The highest BCUT2D eigenvalue weighted by atomic mass is 19.1. The standard InChI is InChI=1S/C58H73F3N12O11/c1-34(2)51(69-48(75)12-5-4-6-24-72-49(76)19-20-50(72)77)55(79)68-45(10-8-23-64-57(63)81)54(78)66-40-16-13-36(14-17-40)33-84-58(82)71-28-38(44(61)31-71)29-73(56(80)35(3)74)52(37-21-25-83-26-22-37)53-67-46(42-27-39(59)15-18-43(42)60)32-70(53)30-41-9-7-11-47(62)65-41/h7,9,11,13-20,27,32,34-35,37-38,44-45,51-52,74H,4-6,8,10,12,21-26,28-31,33H2,1-3H3,(H2,62,65)(H,66,78)(H,68,79)(H,69,75)(H3,63,64,81)/t35-,38-,44-,45-,51-,52+/m0/s1. The molecule has 5 heterocycles. The van der Waals surface area contributed by atoms with Gasteiger partial charge < -0.3 is 61.7 Å². The zero-order chi connectivity index (χ0) is 60.6. The lowest BCUT2D eigenvalue weighted by atomic mass is 9.88. The summed E-state index contributed by atoms with van der Waals surface area (Å²) in [6, 6.07) is 10.4. The second kappa shape index (κ2) is 29.7. The van der Waals surface area contributed by atoms with E-state index in [4.69, 9.17) is 25.9 Å². The van der Waals surface area contributed by atoms with Gasteiger partial charge in [0.05, 0.1) is 30.5 Å². The van der Waals surface area contributed by atoms with Gasteiger partial charge in [-0.15, -0.1) is 0 Å². The molecule has 0 radical (unpaired) electrons. The van der Waals surface area contributed by atoms with Gasteiger partial charge >= 0.3 is 12.1 Å². The van der Waals surface area contributed by atoms with Crippen molar-refractivity contribution in [3.63, 3.8) is 0 Å². The fourth-order valence-corrected chi connectivity index (χ4v) is 10.4. The van der Waals surface area contributed by atoms with E-state index in [1.807, 2.05) is 0 Å². The Bertz CT molecular complexity index is 3010. The molecule has 3 aliphatic rings. The van der Waals surface area contributed by atoms with E-state index in [-0.39, 0.29) is 112 Å². The molecule has 0 bridgehead atoms. The van der Waals surface area contributed by atoms with Crippen LogP contribution in [0, 0.1) is 29.4 Å². The van der Waals surface area contributed by atoms with Gasteiger partial charge in [0.15, 0.2) is 0 Å². The van der Waals surface area contributed by atoms with Crippen LogP contribution in [0.15, 0.2) is 79.0 Å². The second-order valence-corrected chi connectivity index (χ2v) is 21.5. The van der Waals surface area contributed by atoms with Crippen LogP contribution in [0.2, 0.25) is 0 Å². The Balaban J connectivity index is 0.983. The molecule has 2 fully saturated rings. The number of imidazole rings is 1. The maximum atomic E-state index is 16.3. The number of nitrogen functional groups attached to an aromatic ring is 1. The predicted octanol–water partition coefficient (Wildman–Crippen LogP) is 4.64. The number of ether oxygens (including phenoxy) is 2. The van der Waals surface area contributed by atoms with E-state index in [1.54, 1.807) is 60.9 Å². The average Bonchev–Trinajstić information content (AvgIpc) is 4.05. The van der Waals surface area contributed by atoms with Crippen molar-refractivity contribution >= 4 is 59.1 Å². The Hall–Kier alpha value is -8.39. The number of carbonyl (C=O) groups is 8. The van der Waals surface area contributed by atoms with Crippen LogP contribution in [0.3, 0.4) is 0 Å². The van der Waals surface area contributed by atoms with E-state index in [2.05, 4.69) is 26.3 Å². The van der Waals surface area contributed by atoms with Crippen LogP contribution < -0.4 is 32.7 Å². The fourth-order valence-electron chi connectivity index (χ4n) is 10.4. The molecule has 0 unspecified atom stereocenters. The summed E-state index contributed by atoms with van der Waals surface area (Å²) in [6.07, 6.45) is 2.60. The molecule has 26 heteroatoms. The third kappa shape index (κ3) is 17.3. The minimum atomic E-state index is -1.65. The van der Waals surface area contributed by atoms with Crippen LogP contribution >= 0.6 is 0 Å². The highest BCUT2D eigenvalue weighted by Gasteiger charge is 2.44. The normalized spacial score (nSPS) is 17.6. The van der Waals surface area contributed by atoms with Gasteiger partial charge in [-0.05, 0) is 105 Å². The summed E-state index contributed by atoms with van der Waals surface area (Å²) in [4.78, 5) is 116. The number of nitrogens with two attached hydrogens (primary N) is 2. The summed E-state index contributed by atoms with van der Waals surface area (Å²) in [5.41, 5.74) is 12.5. The van der Waals surface area contributed by atoms with Crippen molar-refractivity contribution in [3.8, 4) is 11.3 Å². The van der Waals surface area contributed by atoms with Crippen molar-refractivity contribution in [2.75, 3.05) is 57.0 Å². The van der Waals surface area contributed by atoms with Crippen LogP contribution in [-0.4, -0.2) is 152 Å². The molecule has 0 saturated carbocycles. The number of imide groups is 1. The quantitative estimate of drug-likeness (QED) is 0.0316. The van der Waals surface area contributed by atoms with Gasteiger partial charge in [-0.3, -0.25) is 33.7 Å². The number of anilines is 2. The van der Waals surface area contributed by atoms with E-state index >= 15 is 8.78 Å². The number of halogens is 3. The summed E-state index contributed by atoms with van der Waals surface area (Å²) in [5.74, 6) is -5.85. The number of nitrogens with one attached hydrogen (secondary N) is 4. The average molecular weight is 1170 g/mol. The molecule has 4 aromatic rings. The van der Waals surface area contributed by atoms with Crippen molar-refractivity contribution in [1.29, 1.82) is 0 Å². The van der Waals surface area contributed by atoms with E-state index < -0.39 is 83.7 Å². The molecule has 23 nitrogen and oxygen atoms in total. The molecule has 6 atom stereocenters. The van der Waals surface area contributed by atoms with E-state index in [1.165, 1.54) is 35.1 Å². The van der Waals surface area contributed by atoms with Gasteiger partial charge in [0.1, 0.15) is 54.2 Å². The van der Waals surface area contributed by atoms with Gasteiger partial charge in [0.2, 0.25) is 17.7 Å². The number of pyridine rings is 1. The third-order valence-corrected chi connectivity index (χ3v) is 14.8. The number of aromatic nitrogens is 3. The largest absolute Gasteiger partial charge is 0.445 e. The number of rotatable bonds is 27. The van der Waals surface area contributed by atoms with Crippen molar-refractivity contribution in [1.82, 2.24) is 45.2 Å². The molecule has 3 aliphatic heterocycles. The Morgan fingerprint density at radius 2 is 1.62 bits per heavy atom. The topological polar surface area (TPSA) is 316 Å². The Morgan fingerprint density at radius 3 is 2.30 bits per heavy atom. The number of carbonyl (C=O) groups excluding carboxylic acids is 8. The summed E-state index contributed by atoms with van der Waals surface area (Å²) < 4.78 is 59.3. The molecule has 9 N–H and O–H groups in total. The highest BCUT2D eigenvalue weighted by Crippen LogP contribution is 2.39. The van der Waals surface area contributed by atoms with Gasteiger partial charge in [0, 0.05) is 81.3 Å². The molecule has 2 aromatic carbocycles. The van der Waals surface area contributed by atoms with Crippen LogP contribution in [0.1, 0.15) is 95.3 Å². The summed E-state index contributed by atoms with van der Waals surface area (Å²) in [5, 5.41) is 21.6. The van der Waals surface area contributed by atoms with Crippen molar-refractivity contribution in [3.05, 3.63) is 108 Å². The fraction of sp³-hybridized carbons (Fsp3) is 0.483. The number of primary amides is 1. The Morgan fingerprint density at radius 1 is 0.893 bits per heavy atom. The van der Waals surface area contributed by atoms with Crippen molar-refractivity contribution in [2.45, 2.75) is 116 Å². The molecular weight excluding hydrogens is 1100 g/mol. The molecule has 7 rings (SSSR count). The Labute approximate surface area is 484 Å². The van der Waals surface area contributed by atoms with Gasteiger partial charge in [-0.25, -0.2) is 32.7 Å². The molecule has 2 saturated heterocycles. The number of benzene rings is 2. The lowest BCUT2D eigenvalue weighted by Gasteiger charge is -2.40. The third-order valence-electron chi connectivity index (χ3n) is 14.8. The molecular formula is C58H73F3N12O11. The van der Waals surface area contributed by atoms with Crippen LogP contribution in [-0.2, 0) is 51.4 Å². The maximum Gasteiger partial charge on any atom is 0.410 e. The highest BCUT2D eigenvalue weighted by molar-refractivity contribution is 6.12. The zero-order valence-electron chi connectivity index (χ0n) is 47.1. The van der Waals surface area contributed by atoms with Crippen LogP contribution in [0.5, 0.6) is 0 Å². The predicted molar refractivity (Wildman–Crippen MR) is 300 cm³/mol. The number of aliphatic hydroxyl groups is 1. The van der Waals surface area contributed by atoms with Gasteiger partial charge in [0.25, 0.3) is 17.7 Å². The summed E-state index contributed by atoms with van der Waals surface area (Å²) in [6.45, 7) is 4.67. The summed E-state index contributed by atoms with van der Waals surface area (Å²) in [7, 11) is 0. The first-order chi connectivity index (χ1) is 40.1. The number of urea groups is 1. The van der Waals surface area contributed by atoms with E-state index in [0.717, 1.165) is 23.1 Å². The van der Waals surface area contributed by atoms with Crippen LogP contribution in [0.25, 0.3) is 11.3 Å². The van der Waals surface area contributed by atoms with Crippen molar-refractivity contribution in [2.24, 2.45) is 23.5 Å². The minimum Gasteiger partial charge on any atom is -0.445 e. The first-order valence-corrected chi connectivity index (χ1v) is 28.1. The molecule has 0 spiro atoms. The van der Waals surface area contributed by atoms with Crippen LogP contribution in [0.4, 0.5) is 34.3 Å². The van der Waals surface area contributed by atoms with Gasteiger partial charge in [-0.1, -0.05) is 38.5 Å². The number of likely N-dealkylation sites (tertiary alicyclic amines) is 1. The summed E-state index contributed by atoms with van der Waals surface area (Å²) >= 11 is 0. The molecule has 0 aliphatic carbocycles. The first-order valence-electron chi connectivity index (χ1n) is 28.1. The number of aliphatic hydroxyl groups excluding tert-OH is 1. The van der Waals surface area contributed by atoms with E-state index in [9.17, 15) is 47.9 Å². The number of unbranched alkanes of at least 4 members (excludes halogenated alkanes) is 2. The molecule has 2 aromatic heterocycles. The number of hydrogen-bond acceptors (Lipinski definition) is 14. The smallest absolute Gasteiger partial charge is 0.410 e. The number of amides is 9.